The molecule has 2 N–H and O–H groups in total. The number of methoxy groups -OCH3 is 1. The van der Waals surface area contributed by atoms with Crippen LogP contribution in [0.2, 0.25) is 0 Å². The van der Waals surface area contributed by atoms with E-state index in [9.17, 15) is 9.90 Å². The number of amides is 1. The highest BCUT2D eigenvalue weighted by atomic mass is 16.5. The molecule has 0 spiro atoms. The van der Waals surface area contributed by atoms with Gasteiger partial charge in [-0.2, -0.15) is 0 Å². The van der Waals surface area contributed by atoms with Crippen molar-refractivity contribution in [3.8, 4) is 5.75 Å². The molecule has 1 aliphatic carbocycles. The van der Waals surface area contributed by atoms with E-state index in [1.165, 1.54) is 0 Å². The molecule has 4 heteroatoms. The molecule has 1 aliphatic rings. The highest BCUT2D eigenvalue weighted by Gasteiger charge is 2.51. The number of aliphatic hydroxyl groups excluding tert-OH is 1. The van der Waals surface area contributed by atoms with Crippen molar-refractivity contribution in [3.05, 3.63) is 65.2 Å². The predicted octanol–water partition coefficient (Wildman–Crippen LogP) is 2.89. The van der Waals surface area contributed by atoms with Crippen molar-refractivity contribution in [2.45, 2.75) is 31.2 Å². The van der Waals surface area contributed by atoms with Gasteiger partial charge in [0.2, 0.25) is 5.91 Å². The van der Waals surface area contributed by atoms with E-state index < -0.39 is 5.41 Å². The van der Waals surface area contributed by atoms with E-state index in [0.717, 1.165) is 35.3 Å². The summed E-state index contributed by atoms with van der Waals surface area (Å²) in [5.74, 6) is 0.768. The molecule has 1 saturated carbocycles. The molecule has 0 heterocycles. The van der Waals surface area contributed by atoms with Gasteiger partial charge in [-0.3, -0.25) is 4.79 Å². The van der Waals surface area contributed by atoms with Crippen molar-refractivity contribution in [2.24, 2.45) is 0 Å². The molecule has 2 aromatic carbocycles. The summed E-state index contributed by atoms with van der Waals surface area (Å²) in [4.78, 5) is 12.9. The van der Waals surface area contributed by atoms with Crippen molar-refractivity contribution >= 4 is 5.91 Å². The predicted molar refractivity (Wildman–Crippen MR) is 93.1 cm³/mol. The van der Waals surface area contributed by atoms with E-state index >= 15 is 0 Å². The molecule has 2 aromatic rings. The summed E-state index contributed by atoms with van der Waals surface area (Å²) in [7, 11) is 1.64. The molecule has 0 unspecified atom stereocenters. The number of aliphatic hydroxyl groups is 1. The molecule has 0 aromatic heterocycles. The van der Waals surface area contributed by atoms with E-state index in [1.807, 2.05) is 55.5 Å². The summed E-state index contributed by atoms with van der Waals surface area (Å²) in [6.07, 6.45) is 1.63. The molecule has 0 saturated heterocycles. The summed E-state index contributed by atoms with van der Waals surface area (Å²) in [5.41, 5.74) is 2.44. The number of hydrogen-bond acceptors (Lipinski definition) is 3. The third-order valence-electron chi connectivity index (χ3n) is 4.84. The Hall–Kier alpha value is -2.33. The molecule has 0 aliphatic heterocycles. The fourth-order valence-corrected chi connectivity index (χ4v) is 3.11. The van der Waals surface area contributed by atoms with E-state index in [0.29, 0.717) is 0 Å². The Kier molecular flexibility index (Phi) is 4.58. The lowest BCUT2D eigenvalue weighted by atomic mass is 9.93. The fourth-order valence-electron chi connectivity index (χ4n) is 3.11. The second-order valence-corrected chi connectivity index (χ2v) is 6.39. The Morgan fingerprint density at radius 2 is 1.96 bits per heavy atom. The minimum atomic E-state index is -0.497. The Labute approximate surface area is 142 Å². The third kappa shape index (κ3) is 3.02. The van der Waals surface area contributed by atoms with Gasteiger partial charge >= 0.3 is 0 Å². The maximum absolute atomic E-state index is 12.9. The molecule has 1 fully saturated rings. The number of carbonyl (C=O) groups excluding carboxylic acids is 1. The smallest absolute Gasteiger partial charge is 0.231 e. The number of aryl methyl sites for hydroxylation is 1. The summed E-state index contributed by atoms with van der Waals surface area (Å²) in [6, 6.07) is 15.1. The van der Waals surface area contributed by atoms with Gasteiger partial charge < -0.3 is 15.2 Å². The topological polar surface area (TPSA) is 58.6 Å². The molecule has 24 heavy (non-hydrogen) atoms. The average molecular weight is 325 g/mol. The van der Waals surface area contributed by atoms with Crippen LogP contribution >= 0.6 is 0 Å². The fraction of sp³-hybridized carbons (Fsp3) is 0.350. The zero-order valence-electron chi connectivity index (χ0n) is 14.1. The van der Waals surface area contributed by atoms with Gasteiger partial charge in [0.1, 0.15) is 5.75 Å². The van der Waals surface area contributed by atoms with Crippen LogP contribution < -0.4 is 10.1 Å². The standard InChI is InChI=1S/C20H23NO3/c1-14-8-9-16(12-18(14)24-2)20(10-11-20)19(23)21-17(13-22)15-6-4-3-5-7-15/h3-9,12,17,22H,10-11,13H2,1-2H3,(H,21,23)/t17-/m1/s1. The Morgan fingerprint density at radius 1 is 1.25 bits per heavy atom. The Morgan fingerprint density at radius 3 is 2.54 bits per heavy atom. The third-order valence-corrected chi connectivity index (χ3v) is 4.84. The molecule has 3 rings (SSSR count). The first-order chi connectivity index (χ1) is 11.6. The van der Waals surface area contributed by atoms with Gasteiger partial charge in [0.05, 0.1) is 25.2 Å². The molecule has 0 radical (unpaired) electrons. The SMILES string of the molecule is COc1cc(C2(C(=O)N[C@H](CO)c3ccccc3)CC2)ccc1C. The van der Waals surface area contributed by atoms with E-state index in [2.05, 4.69) is 5.32 Å². The van der Waals surface area contributed by atoms with Crippen LogP contribution in [-0.4, -0.2) is 24.7 Å². The summed E-state index contributed by atoms with van der Waals surface area (Å²) >= 11 is 0. The molecule has 4 nitrogen and oxygen atoms in total. The molecule has 0 bridgehead atoms. The van der Waals surface area contributed by atoms with E-state index in [4.69, 9.17) is 4.74 Å². The van der Waals surface area contributed by atoms with Crippen molar-refractivity contribution in [1.82, 2.24) is 5.32 Å². The minimum absolute atomic E-state index is 0.0312. The highest BCUT2D eigenvalue weighted by molar-refractivity contribution is 5.91. The maximum Gasteiger partial charge on any atom is 0.231 e. The largest absolute Gasteiger partial charge is 0.496 e. The Bertz CT molecular complexity index is 723. The zero-order valence-corrected chi connectivity index (χ0v) is 14.1. The van der Waals surface area contributed by atoms with Gasteiger partial charge in [0.15, 0.2) is 0 Å². The van der Waals surface area contributed by atoms with Gasteiger partial charge in [-0.05, 0) is 42.5 Å². The number of hydrogen-bond donors (Lipinski definition) is 2. The van der Waals surface area contributed by atoms with Crippen LogP contribution in [0.25, 0.3) is 0 Å². The van der Waals surface area contributed by atoms with Gasteiger partial charge in [-0.15, -0.1) is 0 Å². The first kappa shape index (κ1) is 16.5. The van der Waals surface area contributed by atoms with Gasteiger partial charge in [0.25, 0.3) is 0 Å². The monoisotopic (exact) mass is 325 g/mol. The zero-order chi connectivity index (χ0) is 17.2. The van der Waals surface area contributed by atoms with Crippen molar-refractivity contribution in [3.63, 3.8) is 0 Å². The quantitative estimate of drug-likeness (QED) is 0.858. The molecule has 126 valence electrons. The van der Waals surface area contributed by atoms with Gasteiger partial charge in [0, 0.05) is 0 Å². The molecule has 1 atom stereocenters. The average Bonchev–Trinajstić information content (AvgIpc) is 3.42. The van der Waals surface area contributed by atoms with Crippen LogP contribution in [0.5, 0.6) is 5.75 Å². The lowest BCUT2D eigenvalue weighted by molar-refractivity contribution is -0.124. The number of rotatable bonds is 6. The second kappa shape index (κ2) is 6.65. The number of nitrogens with one attached hydrogen (secondary N) is 1. The van der Waals surface area contributed by atoms with Crippen LogP contribution in [0.1, 0.15) is 35.6 Å². The molecular formula is C20H23NO3. The normalized spacial score (nSPS) is 16.3. The van der Waals surface area contributed by atoms with E-state index in [-0.39, 0.29) is 18.6 Å². The van der Waals surface area contributed by atoms with Crippen LogP contribution in [0.3, 0.4) is 0 Å². The van der Waals surface area contributed by atoms with Gasteiger partial charge in [-0.25, -0.2) is 0 Å². The van der Waals surface area contributed by atoms with Crippen LogP contribution in [0, 0.1) is 6.92 Å². The Balaban J connectivity index is 1.81. The van der Waals surface area contributed by atoms with Crippen LogP contribution in [-0.2, 0) is 10.2 Å². The number of ether oxygens (including phenoxy) is 1. The van der Waals surface area contributed by atoms with Crippen molar-refractivity contribution in [1.29, 1.82) is 0 Å². The molecular weight excluding hydrogens is 302 g/mol. The van der Waals surface area contributed by atoms with Crippen molar-refractivity contribution in [2.75, 3.05) is 13.7 Å². The summed E-state index contributed by atoms with van der Waals surface area (Å²) in [6.45, 7) is 1.86. The number of benzene rings is 2. The lowest BCUT2D eigenvalue weighted by Gasteiger charge is -2.22. The van der Waals surface area contributed by atoms with E-state index in [1.54, 1.807) is 7.11 Å². The first-order valence-corrected chi connectivity index (χ1v) is 8.22. The maximum atomic E-state index is 12.9. The van der Waals surface area contributed by atoms with Crippen LogP contribution in [0.15, 0.2) is 48.5 Å². The summed E-state index contributed by atoms with van der Waals surface area (Å²) in [5, 5.41) is 12.7. The minimum Gasteiger partial charge on any atom is -0.496 e. The highest BCUT2D eigenvalue weighted by Crippen LogP contribution is 2.49. The number of carbonyl (C=O) groups is 1. The summed E-state index contributed by atoms with van der Waals surface area (Å²) < 4.78 is 5.39. The van der Waals surface area contributed by atoms with Crippen molar-refractivity contribution < 1.29 is 14.6 Å². The first-order valence-electron chi connectivity index (χ1n) is 8.22. The van der Waals surface area contributed by atoms with Crippen LogP contribution in [0.4, 0.5) is 0 Å². The second-order valence-electron chi connectivity index (χ2n) is 6.39. The lowest BCUT2D eigenvalue weighted by Crippen LogP contribution is -2.38. The molecule has 1 amide bonds. The van der Waals surface area contributed by atoms with Gasteiger partial charge in [-0.1, -0.05) is 42.5 Å².